The normalized spacial score (nSPS) is 12.0. The van der Waals surface area contributed by atoms with Gasteiger partial charge in [-0.1, -0.05) is 26.7 Å². The maximum Gasteiger partial charge on any atom is 0.245 e. The SMILES string of the molecule is CCCCN(CCCC)C(=O)[C@H](Cc1cnc[nH]1)NC(C)=O. The highest BCUT2D eigenvalue weighted by atomic mass is 16.2. The summed E-state index contributed by atoms with van der Waals surface area (Å²) in [6.45, 7) is 7.15. The molecule has 0 saturated carbocycles. The first-order valence-corrected chi connectivity index (χ1v) is 8.11. The maximum absolute atomic E-state index is 12.8. The van der Waals surface area contributed by atoms with Crippen molar-refractivity contribution >= 4 is 11.8 Å². The summed E-state index contributed by atoms with van der Waals surface area (Å²) in [5, 5.41) is 2.77. The van der Waals surface area contributed by atoms with E-state index in [1.54, 1.807) is 12.5 Å². The van der Waals surface area contributed by atoms with E-state index in [1.165, 1.54) is 6.92 Å². The molecular weight excluding hydrogens is 280 g/mol. The summed E-state index contributed by atoms with van der Waals surface area (Å²) < 4.78 is 0. The second-order valence-electron chi connectivity index (χ2n) is 5.57. The van der Waals surface area contributed by atoms with Crippen molar-refractivity contribution < 1.29 is 9.59 Å². The van der Waals surface area contributed by atoms with Crippen molar-refractivity contribution in [1.29, 1.82) is 0 Å². The third-order valence-corrected chi connectivity index (χ3v) is 3.53. The van der Waals surface area contributed by atoms with Crippen LogP contribution in [-0.2, 0) is 16.0 Å². The predicted octanol–water partition coefficient (Wildman–Crippen LogP) is 1.89. The van der Waals surface area contributed by atoms with E-state index in [-0.39, 0.29) is 11.8 Å². The van der Waals surface area contributed by atoms with Gasteiger partial charge >= 0.3 is 0 Å². The molecule has 6 nitrogen and oxygen atoms in total. The Hall–Kier alpha value is -1.85. The molecule has 124 valence electrons. The van der Waals surface area contributed by atoms with Gasteiger partial charge in [-0.15, -0.1) is 0 Å². The van der Waals surface area contributed by atoms with Crippen LogP contribution in [-0.4, -0.2) is 45.8 Å². The summed E-state index contributed by atoms with van der Waals surface area (Å²) in [5.41, 5.74) is 0.845. The highest BCUT2D eigenvalue weighted by Crippen LogP contribution is 2.07. The standard InChI is InChI=1S/C16H28N4O2/c1-4-6-8-20(9-7-5-2)16(22)15(19-13(3)21)10-14-11-17-12-18-14/h11-12,15H,4-10H2,1-3H3,(H,17,18)(H,19,21)/t15-/m0/s1. The monoisotopic (exact) mass is 308 g/mol. The number of hydrogen-bond donors (Lipinski definition) is 2. The Morgan fingerprint density at radius 3 is 2.36 bits per heavy atom. The van der Waals surface area contributed by atoms with Crippen molar-refractivity contribution in [2.75, 3.05) is 13.1 Å². The summed E-state index contributed by atoms with van der Waals surface area (Å²) in [7, 11) is 0. The van der Waals surface area contributed by atoms with Gasteiger partial charge in [-0.2, -0.15) is 0 Å². The van der Waals surface area contributed by atoms with E-state index in [2.05, 4.69) is 29.1 Å². The number of hydrogen-bond acceptors (Lipinski definition) is 3. The van der Waals surface area contributed by atoms with Gasteiger partial charge in [-0.25, -0.2) is 4.98 Å². The molecule has 0 radical (unpaired) electrons. The Labute approximate surface area is 132 Å². The van der Waals surface area contributed by atoms with Gasteiger partial charge < -0.3 is 15.2 Å². The van der Waals surface area contributed by atoms with E-state index in [0.29, 0.717) is 6.42 Å². The van der Waals surface area contributed by atoms with Crippen LogP contribution in [0.4, 0.5) is 0 Å². The molecule has 0 aliphatic heterocycles. The van der Waals surface area contributed by atoms with Crippen molar-refractivity contribution in [3.8, 4) is 0 Å². The molecule has 0 saturated heterocycles. The Kier molecular flexibility index (Phi) is 8.25. The number of imidazole rings is 1. The molecular formula is C16H28N4O2. The summed E-state index contributed by atoms with van der Waals surface area (Å²) in [4.78, 5) is 33.1. The van der Waals surface area contributed by atoms with Crippen molar-refractivity contribution in [2.45, 2.75) is 58.9 Å². The van der Waals surface area contributed by atoms with Crippen molar-refractivity contribution in [1.82, 2.24) is 20.2 Å². The van der Waals surface area contributed by atoms with Crippen LogP contribution in [0.1, 0.15) is 52.1 Å². The molecule has 1 rings (SSSR count). The van der Waals surface area contributed by atoms with Gasteiger partial charge in [-0.3, -0.25) is 9.59 Å². The van der Waals surface area contributed by atoms with Crippen molar-refractivity contribution in [2.24, 2.45) is 0 Å². The number of nitrogens with one attached hydrogen (secondary N) is 2. The van der Waals surface area contributed by atoms with Crippen LogP contribution in [0.2, 0.25) is 0 Å². The van der Waals surface area contributed by atoms with Crippen LogP contribution in [0.5, 0.6) is 0 Å². The maximum atomic E-state index is 12.8. The molecule has 22 heavy (non-hydrogen) atoms. The summed E-state index contributed by atoms with van der Waals surface area (Å²) in [6.07, 6.45) is 7.75. The number of aromatic amines is 1. The molecule has 0 aliphatic carbocycles. The van der Waals surface area contributed by atoms with Crippen LogP contribution >= 0.6 is 0 Å². The average Bonchev–Trinajstić information content (AvgIpc) is 2.98. The molecule has 2 N–H and O–H groups in total. The van der Waals surface area contributed by atoms with E-state index in [0.717, 1.165) is 44.5 Å². The van der Waals surface area contributed by atoms with Crippen molar-refractivity contribution in [3.05, 3.63) is 18.2 Å². The molecule has 0 bridgehead atoms. The minimum absolute atomic E-state index is 0.00769. The fourth-order valence-electron chi connectivity index (χ4n) is 2.31. The molecule has 1 atom stereocenters. The third-order valence-electron chi connectivity index (χ3n) is 3.53. The van der Waals surface area contributed by atoms with Crippen LogP contribution in [0, 0.1) is 0 Å². The number of carbonyl (C=O) groups is 2. The fourth-order valence-corrected chi connectivity index (χ4v) is 2.31. The molecule has 6 heteroatoms. The first kappa shape index (κ1) is 18.2. The molecule has 1 heterocycles. The number of unbranched alkanes of at least 4 members (excludes halogenated alkanes) is 2. The molecule has 0 aliphatic rings. The molecule has 0 aromatic carbocycles. The Bertz CT molecular complexity index is 437. The minimum atomic E-state index is -0.535. The highest BCUT2D eigenvalue weighted by Gasteiger charge is 2.25. The number of carbonyl (C=O) groups excluding carboxylic acids is 2. The number of H-pyrrole nitrogens is 1. The summed E-state index contributed by atoms with van der Waals surface area (Å²) in [6, 6.07) is -0.535. The smallest absolute Gasteiger partial charge is 0.245 e. The van der Waals surface area contributed by atoms with Gasteiger partial charge in [-0.05, 0) is 12.8 Å². The lowest BCUT2D eigenvalue weighted by atomic mass is 10.1. The van der Waals surface area contributed by atoms with Gasteiger partial charge in [0.25, 0.3) is 0 Å². The van der Waals surface area contributed by atoms with Crippen LogP contribution in [0.25, 0.3) is 0 Å². The number of rotatable bonds is 10. The molecule has 0 spiro atoms. The molecule has 2 amide bonds. The second-order valence-corrected chi connectivity index (χ2v) is 5.57. The fraction of sp³-hybridized carbons (Fsp3) is 0.688. The van der Waals surface area contributed by atoms with Gasteiger partial charge in [0.05, 0.1) is 6.33 Å². The van der Waals surface area contributed by atoms with Crippen LogP contribution in [0.3, 0.4) is 0 Å². The zero-order chi connectivity index (χ0) is 16.4. The zero-order valence-electron chi connectivity index (χ0n) is 13.9. The molecule has 1 aromatic heterocycles. The van der Waals surface area contributed by atoms with Crippen LogP contribution in [0.15, 0.2) is 12.5 Å². The largest absolute Gasteiger partial charge is 0.348 e. The lowest BCUT2D eigenvalue weighted by Gasteiger charge is -2.27. The third kappa shape index (κ3) is 6.28. The van der Waals surface area contributed by atoms with Gasteiger partial charge in [0, 0.05) is 38.3 Å². The number of aromatic nitrogens is 2. The van der Waals surface area contributed by atoms with Crippen LogP contribution < -0.4 is 5.32 Å². The second kappa shape index (κ2) is 9.97. The first-order valence-electron chi connectivity index (χ1n) is 8.11. The topological polar surface area (TPSA) is 78.1 Å². The Morgan fingerprint density at radius 1 is 1.27 bits per heavy atom. The van der Waals surface area contributed by atoms with E-state index < -0.39 is 6.04 Å². The Morgan fingerprint density at radius 2 is 1.91 bits per heavy atom. The predicted molar refractivity (Wildman–Crippen MR) is 86.3 cm³/mol. The van der Waals surface area contributed by atoms with Gasteiger partial charge in [0.1, 0.15) is 6.04 Å². The van der Waals surface area contributed by atoms with E-state index in [1.807, 2.05) is 4.90 Å². The quantitative estimate of drug-likeness (QED) is 0.693. The minimum Gasteiger partial charge on any atom is -0.348 e. The number of amides is 2. The van der Waals surface area contributed by atoms with E-state index in [4.69, 9.17) is 0 Å². The number of nitrogens with zero attached hydrogens (tertiary/aromatic N) is 2. The summed E-state index contributed by atoms with van der Waals surface area (Å²) >= 11 is 0. The van der Waals surface area contributed by atoms with E-state index >= 15 is 0 Å². The lowest BCUT2D eigenvalue weighted by molar-refractivity contribution is -0.136. The van der Waals surface area contributed by atoms with E-state index in [9.17, 15) is 9.59 Å². The molecule has 0 unspecified atom stereocenters. The lowest BCUT2D eigenvalue weighted by Crippen LogP contribution is -2.49. The zero-order valence-corrected chi connectivity index (χ0v) is 13.9. The Balaban J connectivity index is 2.77. The average molecular weight is 308 g/mol. The first-order chi connectivity index (χ1) is 10.6. The van der Waals surface area contributed by atoms with Gasteiger partial charge in [0.2, 0.25) is 11.8 Å². The molecule has 1 aromatic rings. The van der Waals surface area contributed by atoms with Crippen molar-refractivity contribution in [3.63, 3.8) is 0 Å². The summed E-state index contributed by atoms with van der Waals surface area (Å²) in [5.74, 6) is -0.199. The highest BCUT2D eigenvalue weighted by molar-refractivity contribution is 5.87. The van der Waals surface area contributed by atoms with Gasteiger partial charge in [0.15, 0.2) is 0 Å². The molecule has 0 fully saturated rings.